The molecule has 0 spiro atoms. The third kappa shape index (κ3) is 4.21. The number of carbonyl (C=O) groups excluding carboxylic acids is 3. The number of barbiturate groups is 1. The maximum Gasteiger partial charge on any atom is 0.336 e. The number of imide groups is 2. The predicted molar refractivity (Wildman–Crippen MR) is 121 cm³/mol. The van der Waals surface area contributed by atoms with Crippen molar-refractivity contribution in [3.8, 4) is 0 Å². The zero-order valence-corrected chi connectivity index (χ0v) is 17.7. The molecular weight excluding hydrogens is 407 g/mol. The summed E-state index contributed by atoms with van der Waals surface area (Å²) >= 11 is 0. The van der Waals surface area contributed by atoms with Crippen LogP contribution in [0, 0.1) is 19.7 Å². The van der Waals surface area contributed by atoms with Gasteiger partial charge >= 0.3 is 6.03 Å². The van der Waals surface area contributed by atoms with Crippen LogP contribution in [0.25, 0.3) is 6.08 Å². The number of carbonyl (C=O) groups is 3. The molecule has 4 amide bonds. The molecule has 0 radical (unpaired) electrons. The highest BCUT2D eigenvalue weighted by molar-refractivity contribution is 6.39. The molecule has 0 saturated carbocycles. The van der Waals surface area contributed by atoms with Crippen LogP contribution in [0.15, 0.2) is 72.3 Å². The standard InChI is InChI=1S/C26H21FN2O3/c1-16-11-17(2)13-18(12-16)14-19-7-3-4-8-20(19)15-21-24(30)28-26(32)29(25(21)31)23-10-6-5-9-22(23)27/h3-13,15H,14H2,1-2H3,(H,28,30,32)/b21-15-. The summed E-state index contributed by atoms with van der Waals surface area (Å²) in [4.78, 5) is 38.5. The molecule has 4 rings (SSSR count). The van der Waals surface area contributed by atoms with Gasteiger partial charge in [0.25, 0.3) is 11.8 Å². The molecule has 6 heteroatoms. The van der Waals surface area contributed by atoms with Gasteiger partial charge in [-0.3, -0.25) is 14.9 Å². The Hall–Kier alpha value is -4.06. The molecule has 0 aromatic heterocycles. The highest BCUT2D eigenvalue weighted by Gasteiger charge is 2.38. The number of urea groups is 1. The van der Waals surface area contributed by atoms with Crippen molar-refractivity contribution in [3.05, 3.63) is 106 Å². The molecule has 1 fully saturated rings. The average molecular weight is 428 g/mol. The van der Waals surface area contributed by atoms with Crippen molar-refractivity contribution in [2.24, 2.45) is 0 Å². The van der Waals surface area contributed by atoms with E-state index in [4.69, 9.17) is 0 Å². The molecule has 0 aliphatic carbocycles. The number of hydrogen-bond acceptors (Lipinski definition) is 3. The first kappa shape index (κ1) is 21.2. The zero-order chi connectivity index (χ0) is 22.8. The molecule has 3 aromatic carbocycles. The van der Waals surface area contributed by atoms with Crippen molar-refractivity contribution >= 4 is 29.6 Å². The molecule has 32 heavy (non-hydrogen) atoms. The topological polar surface area (TPSA) is 66.5 Å². The number of nitrogens with one attached hydrogen (secondary N) is 1. The molecule has 1 N–H and O–H groups in total. The van der Waals surface area contributed by atoms with E-state index in [1.54, 1.807) is 6.07 Å². The van der Waals surface area contributed by atoms with Crippen molar-refractivity contribution < 1.29 is 18.8 Å². The highest BCUT2D eigenvalue weighted by Crippen LogP contribution is 2.26. The van der Waals surface area contributed by atoms with Gasteiger partial charge in [-0.1, -0.05) is 65.7 Å². The minimum atomic E-state index is -0.981. The highest BCUT2D eigenvalue weighted by atomic mass is 19.1. The SMILES string of the molecule is Cc1cc(C)cc(Cc2ccccc2/C=C2/C(=O)NC(=O)N(c3ccccc3F)C2=O)c1. The van der Waals surface area contributed by atoms with Gasteiger partial charge in [-0.2, -0.15) is 0 Å². The van der Waals surface area contributed by atoms with Gasteiger partial charge < -0.3 is 0 Å². The van der Waals surface area contributed by atoms with E-state index in [0.29, 0.717) is 16.9 Å². The summed E-state index contributed by atoms with van der Waals surface area (Å²) in [6.45, 7) is 4.06. The van der Waals surface area contributed by atoms with Gasteiger partial charge in [-0.15, -0.1) is 0 Å². The zero-order valence-electron chi connectivity index (χ0n) is 17.7. The lowest BCUT2D eigenvalue weighted by Crippen LogP contribution is -2.54. The Morgan fingerprint density at radius 1 is 0.906 bits per heavy atom. The van der Waals surface area contributed by atoms with E-state index < -0.39 is 23.7 Å². The molecule has 3 aromatic rings. The number of para-hydroxylation sites is 1. The molecular formula is C26H21FN2O3. The lowest BCUT2D eigenvalue weighted by Gasteiger charge is -2.26. The van der Waals surface area contributed by atoms with Gasteiger partial charge in [0.2, 0.25) is 0 Å². The monoisotopic (exact) mass is 428 g/mol. The van der Waals surface area contributed by atoms with Crippen LogP contribution in [-0.4, -0.2) is 17.8 Å². The van der Waals surface area contributed by atoms with Gasteiger partial charge in [0, 0.05) is 0 Å². The number of amides is 4. The molecule has 1 aliphatic heterocycles. The minimum Gasteiger partial charge on any atom is -0.273 e. The van der Waals surface area contributed by atoms with Gasteiger partial charge in [-0.25, -0.2) is 14.1 Å². The van der Waals surface area contributed by atoms with Crippen LogP contribution < -0.4 is 10.2 Å². The maximum atomic E-state index is 14.3. The Kier molecular flexibility index (Phi) is 5.69. The van der Waals surface area contributed by atoms with Gasteiger partial charge in [0.15, 0.2) is 0 Å². The second kappa shape index (κ2) is 8.59. The number of anilines is 1. The largest absolute Gasteiger partial charge is 0.336 e. The second-order valence-electron chi connectivity index (χ2n) is 7.78. The predicted octanol–water partition coefficient (Wildman–Crippen LogP) is 4.70. The summed E-state index contributed by atoms with van der Waals surface area (Å²) in [5.74, 6) is -2.42. The fourth-order valence-corrected chi connectivity index (χ4v) is 3.89. The van der Waals surface area contributed by atoms with E-state index >= 15 is 0 Å². The first-order chi connectivity index (χ1) is 15.3. The van der Waals surface area contributed by atoms with E-state index in [1.807, 2.05) is 32.0 Å². The van der Waals surface area contributed by atoms with Crippen LogP contribution in [-0.2, 0) is 16.0 Å². The summed E-state index contributed by atoms with van der Waals surface area (Å²) in [5, 5.41) is 2.13. The molecule has 1 aliphatic rings. The van der Waals surface area contributed by atoms with Gasteiger partial charge in [0.05, 0.1) is 5.69 Å². The van der Waals surface area contributed by atoms with E-state index in [-0.39, 0.29) is 11.3 Å². The number of halogens is 1. The molecule has 0 unspecified atom stereocenters. The first-order valence-electron chi connectivity index (χ1n) is 10.1. The third-order valence-electron chi connectivity index (χ3n) is 5.23. The van der Waals surface area contributed by atoms with Crippen LogP contribution >= 0.6 is 0 Å². The van der Waals surface area contributed by atoms with E-state index in [0.717, 1.165) is 28.3 Å². The molecule has 1 saturated heterocycles. The lowest BCUT2D eigenvalue weighted by molar-refractivity contribution is -0.122. The van der Waals surface area contributed by atoms with E-state index in [9.17, 15) is 18.8 Å². The van der Waals surface area contributed by atoms with Crippen molar-refractivity contribution in [2.45, 2.75) is 20.3 Å². The number of hydrogen-bond donors (Lipinski definition) is 1. The Balaban J connectivity index is 1.73. The normalized spacial score (nSPS) is 15.3. The Bertz CT molecular complexity index is 1260. The quantitative estimate of drug-likeness (QED) is 0.484. The van der Waals surface area contributed by atoms with E-state index in [1.165, 1.54) is 24.3 Å². The summed E-state index contributed by atoms with van der Waals surface area (Å²) in [5.41, 5.74) is 4.55. The van der Waals surface area contributed by atoms with Crippen LogP contribution in [0.5, 0.6) is 0 Å². The number of nitrogens with zero attached hydrogens (tertiary/aromatic N) is 1. The number of rotatable bonds is 4. The molecule has 5 nitrogen and oxygen atoms in total. The summed E-state index contributed by atoms with van der Waals surface area (Å²) in [6.07, 6.45) is 2.06. The van der Waals surface area contributed by atoms with Crippen LogP contribution in [0.1, 0.15) is 27.8 Å². The Labute approximate surface area is 185 Å². The summed E-state index contributed by atoms with van der Waals surface area (Å²) in [6, 6.07) is 18.1. The smallest absolute Gasteiger partial charge is 0.273 e. The molecule has 0 bridgehead atoms. The Morgan fingerprint density at radius 3 is 2.28 bits per heavy atom. The number of benzene rings is 3. The third-order valence-corrected chi connectivity index (χ3v) is 5.23. The van der Waals surface area contributed by atoms with Crippen molar-refractivity contribution in [1.29, 1.82) is 0 Å². The van der Waals surface area contributed by atoms with E-state index in [2.05, 4.69) is 23.5 Å². The van der Waals surface area contributed by atoms with Gasteiger partial charge in [-0.05, 0) is 55.2 Å². The van der Waals surface area contributed by atoms with Crippen molar-refractivity contribution in [3.63, 3.8) is 0 Å². The van der Waals surface area contributed by atoms with Crippen LogP contribution in [0.4, 0.5) is 14.9 Å². The fourth-order valence-electron chi connectivity index (χ4n) is 3.89. The lowest BCUT2D eigenvalue weighted by atomic mass is 9.95. The minimum absolute atomic E-state index is 0.211. The maximum absolute atomic E-state index is 14.3. The van der Waals surface area contributed by atoms with Crippen molar-refractivity contribution in [1.82, 2.24) is 5.32 Å². The molecule has 1 heterocycles. The molecule has 160 valence electrons. The van der Waals surface area contributed by atoms with Gasteiger partial charge in [0.1, 0.15) is 11.4 Å². The van der Waals surface area contributed by atoms with Crippen molar-refractivity contribution in [2.75, 3.05) is 4.90 Å². The first-order valence-corrected chi connectivity index (χ1v) is 10.1. The summed E-state index contributed by atoms with van der Waals surface area (Å²) in [7, 11) is 0. The number of aryl methyl sites for hydroxylation is 2. The second-order valence-corrected chi connectivity index (χ2v) is 7.78. The molecule has 0 atom stereocenters. The van der Waals surface area contributed by atoms with Crippen LogP contribution in [0.2, 0.25) is 0 Å². The van der Waals surface area contributed by atoms with Crippen LogP contribution in [0.3, 0.4) is 0 Å². The summed E-state index contributed by atoms with van der Waals surface area (Å²) < 4.78 is 14.3. The average Bonchev–Trinajstić information content (AvgIpc) is 2.73. The fraction of sp³-hybridized carbons (Fsp3) is 0.115. The Morgan fingerprint density at radius 2 is 1.56 bits per heavy atom.